The average molecular weight is 490 g/mol. The smallest absolute Gasteiger partial charge is 0.255 e. The highest BCUT2D eigenvalue weighted by Crippen LogP contribution is 2.22. The Labute approximate surface area is 207 Å². The van der Waals surface area contributed by atoms with Gasteiger partial charge in [0.05, 0.1) is 10.6 Å². The molecule has 1 aromatic heterocycles. The minimum atomic E-state index is -3.43. The summed E-state index contributed by atoms with van der Waals surface area (Å²) in [4.78, 5) is 15.5. The minimum absolute atomic E-state index is 0.110. The first-order valence-electron chi connectivity index (χ1n) is 11.9. The van der Waals surface area contributed by atoms with Crippen LogP contribution in [0.1, 0.15) is 29.8 Å². The summed E-state index contributed by atoms with van der Waals surface area (Å²) in [5, 5.41) is 4.02. The number of likely N-dealkylation sites (N-methyl/N-ethyl adjacent to an activating group) is 1. The van der Waals surface area contributed by atoms with Crippen LogP contribution in [0.4, 0.5) is 5.69 Å². The third kappa shape index (κ3) is 5.99. The van der Waals surface area contributed by atoms with Crippen LogP contribution in [-0.4, -0.2) is 43.4 Å². The van der Waals surface area contributed by atoms with Crippen molar-refractivity contribution in [1.29, 1.82) is 0 Å². The number of benzene rings is 3. The van der Waals surface area contributed by atoms with Gasteiger partial charge in [-0.15, -0.1) is 0 Å². The molecular formula is C28H31N3O3S. The second-order valence-corrected chi connectivity index (χ2v) is 10.5. The Bertz CT molecular complexity index is 1390. The van der Waals surface area contributed by atoms with Gasteiger partial charge in [-0.05, 0) is 67.2 Å². The van der Waals surface area contributed by atoms with Crippen LogP contribution in [0.2, 0.25) is 0 Å². The first-order valence-corrected chi connectivity index (χ1v) is 13.5. The lowest BCUT2D eigenvalue weighted by molar-refractivity contribution is 0.102. The summed E-state index contributed by atoms with van der Waals surface area (Å²) in [7, 11) is -3.43. The zero-order chi connectivity index (χ0) is 24.8. The lowest BCUT2D eigenvalue weighted by Gasteiger charge is -2.18. The Morgan fingerprint density at radius 1 is 0.914 bits per heavy atom. The van der Waals surface area contributed by atoms with Gasteiger partial charge in [0.15, 0.2) is 9.84 Å². The molecule has 0 fully saturated rings. The summed E-state index contributed by atoms with van der Waals surface area (Å²) >= 11 is 0. The van der Waals surface area contributed by atoms with Gasteiger partial charge in [0.1, 0.15) is 0 Å². The molecule has 0 saturated heterocycles. The van der Waals surface area contributed by atoms with Crippen molar-refractivity contribution in [2.75, 3.05) is 25.0 Å². The Kier molecular flexibility index (Phi) is 7.68. The molecular weight excluding hydrogens is 458 g/mol. The third-order valence-corrected chi connectivity index (χ3v) is 7.96. The molecule has 3 aromatic carbocycles. The predicted molar refractivity (Wildman–Crippen MR) is 141 cm³/mol. The molecule has 1 amide bonds. The molecule has 4 rings (SSSR count). The van der Waals surface area contributed by atoms with Crippen LogP contribution < -0.4 is 5.32 Å². The maximum absolute atomic E-state index is 12.8. The minimum Gasteiger partial charge on any atom is -0.346 e. The number of carbonyl (C=O) groups excluding carboxylic acids is 1. The van der Waals surface area contributed by atoms with Gasteiger partial charge in [0.2, 0.25) is 0 Å². The molecule has 6 nitrogen and oxygen atoms in total. The monoisotopic (exact) mass is 489 g/mol. The number of amides is 1. The third-order valence-electron chi connectivity index (χ3n) is 6.26. The van der Waals surface area contributed by atoms with Crippen molar-refractivity contribution in [3.05, 3.63) is 96.2 Å². The number of nitrogens with one attached hydrogen (secondary N) is 1. The van der Waals surface area contributed by atoms with E-state index in [-0.39, 0.29) is 11.7 Å². The van der Waals surface area contributed by atoms with Crippen LogP contribution in [0.3, 0.4) is 0 Å². The molecule has 0 saturated carbocycles. The Morgan fingerprint density at radius 3 is 2.31 bits per heavy atom. The maximum atomic E-state index is 12.8. The normalized spacial score (nSPS) is 11.7. The summed E-state index contributed by atoms with van der Waals surface area (Å²) in [6.07, 6.45) is 2.09. The van der Waals surface area contributed by atoms with Crippen molar-refractivity contribution in [2.45, 2.75) is 31.0 Å². The highest BCUT2D eigenvalue weighted by molar-refractivity contribution is 7.90. The number of carbonyl (C=O) groups is 1. The summed E-state index contributed by atoms with van der Waals surface area (Å²) < 4.78 is 27.4. The van der Waals surface area contributed by atoms with Crippen molar-refractivity contribution < 1.29 is 13.2 Å². The molecule has 0 unspecified atom stereocenters. The molecule has 0 spiro atoms. The van der Waals surface area contributed by atoms with Crippen LogP contribution in [0, 0.1) is 0 Å². The van der Waals surface area contributed by atoms with E-state index in [0.29, 0.717) is 16.0 Å². The number of hydrogen-bond acceptors (Lipinski definition) is 4. The van der Waals surface area contributed by atoms with Gasteiger partial charge in [0, 0.05) is 41.4 Å². The molecule has 1 N–H and O–H groups in total. The number of hydrogen-bond donors (Lipinski definition) is 1. The van der Waals surface area contributed by atoms with Crippen LogP contribution in [0.15, 0.2) is 90.0 Å². The molecule has 1 heterocycles. The molecule has 4 aromatic rings. The Hall–Kier alpha value is -3.42. The maximum Gasteiger partial charge on any atom is 0.255 e. The van der Waals surface area contributed by atoms with Crippen molar-refractivity contribution in [2.24, 2.45) is 0 Å². The number of anilines is 1. The Balaban J connectivity index is 1.41. The van der Waals surface area contributed by atoms with Crippen molar-refractivity contribution >= 4 is 32.3 Å². The standard InChI is InChI=1S/C28H31N3O3S/c1-3-30(4-2)18-19-31-17-16-24-20-25(14-15-27(24)31)29-28(32)23-12-10-22(11-13-23)21-35(33,34)26-8-6-5-7-9-26/h5-17,20H,3-4,18-19,21H2,1-2H3,(H,29,32). The van der Waals surface area contributed by atoms with Gasteiger partial charge in [-0.3, -0.25) is 4.79 Å². The summed E-state index contributed by atoms with van der Waals surface area (Å²) in [5.74, 6) is -0.344. The number of aromatic nitrogens is 1. The SMILES string of the molecule is CCN(CC)CCn1ccc2cc(NC(=O)c3ccc(CS(=O)(=O)c4ccccc4)cc3)ccc21. The molecule has 35 heavy (non-hydrogen) atoms. The van der Waals surface area contributed by atoms with Gasteiger partial charge in [-0.25, -0.2) is 8.42 Å². The molecule has 0 atom stereocenters. The number of nitrogens with zero attached hydrogens (tertiary/aromatic N) is 2. The second kappa shape index (κ2) is 10.9. The van der Waals surface area contributed by atoms with E-state index in [4.69, 9.17) is 0 Å². The molecule has 0 radical (unpaired) electrons. The zero-order valence-electron chi connectivity index (χ0n) is 20.1. The predicted octanol–water partition coefficient (Wildman–Crippen LogP) is 5.21. The number of fused-ring (bicyclic) bond motifs is 1. The van der Waals surface area contributed by atoms with E-state index in [2.05, 4.69) is 40.9 Å². The lowest BCUT2D eigenvalue weighted by Crippen LogP contribution is -2.26. The molecule has 0 aliphatic heterocycles. The fourth-order valence-electron chi connectivity index (χ4n) is 4.15. The largest absolute Gasteiger partial charge is 0.346 e. The number of rotatable bonds is 10. The van der Waals surface area contributed by atoms with Gasteiger partial charge >= 0.3 is 0 Å². The van der Waals surface area contributed by atoms with Crippen LogP contribution in [-0.2, 0) is 22.1 Å². The van der Waals surface area contributed by atoms with E-state index >= 15 is 0 Å². The van der Waals surface area contributed by atoms with Crippen molar-refractivity contribution in [1.82, 2.24) is 9.47 Å². The van der Waals surface area contributed by atoms with E-state index in [1.54, 1.807) is 54.6 Å². The summed E-state index contributed by atoms with van der Waals surface area (Å²) in [5.41, 5.74) is 2.97. The van der Waals surface area contributed by atoms with Crippen LogP contribution in [0.5, 0.6) is 0 Å². The fraction of sp³-hybridized carbons (Fsp3) is 0.250. The highest BCUT2D eigenvalue weighted by atomic mass is 32.2. The lowest BCUT2D eigenvalue weighted by atomic mass is 10.1. The molecule has 182 valence electrons. The van der Waals surface area contributed by atoms with Gasteiger partial charge in [-0.2, -0.15) is 0 Å². The summed E-state index contributed by atoms with van der Waals surface area (Å²) in [6.45, 7) is 8.34. The van der Waals surface area contributed by atoms with Gasteiger partial charge < -0.3 is 14.8 Å². The van der Waals surface area contributed by atoms with E-state index < -0.39 is 9.84 Å². The van der Waals surface area contributed by atoms with Gasteiger partial charge in [-0.1, -0.05) is 44.2 Å². The number of sulfone groups is 1. The Morgan fingerprint density at radius 2 is 1.63 bits per heavy atom. The molecule has 0 bridgehead atoms. The van der Waals surface area contributed by atoms with Crippen molar-refractivity contribution in [3.63, 3.8) is 0 Å². The topological polar surface area (TPSA) is 71.4 Å². The second-order valence-electron chi connectivity index (χ2n) is 8.53. The zero-order valence-corrected chi connectivity index (χ0v) is 21.0. The van der Waals surface area contributed by atoms with Crippen LogP contribution >= 0.6 is 0 Å². The van der Waals surface area contributed by atoms with Crippen LogP contribution in [0.25, 0.3) is 10.9 Å². The average Bonchev–Trinajstić information content (AvgIpc) is 3.27. The first kappa shape index (κ1) is 24.7. The molecule has 0 aliphatic carbocycles. The fourth-order valence-corrected chi connectivity index (χ4v) is 5.52. The van der Waals surface area contributed by atoms with E-state index in [0.717, 1.165) is 42.8 Å². The quantitative estimate of drug-likeness (QED) is 0.332. The molecule has 0 aliphatic rings. The van der Waals surface area contributed by atoms with Crippen molar-refractivity contribution in [3.8, 4) is 0 Å². The summed E-state index contributed by atoms with van der Waals surface area (Å²) in [6, 6.07) is 23.1. The molecule has 7 heteroatoms. The first-order chi connectivity index (χ1) is 16.9. The van der Waals surface area contributed by atoms with E-state index in [9.17, 15) is 13.2 Å². The van der Waals surface area contributed by atoms with E-state index in [1.165, 1.54) is 0 Å². The van der Waals surface area contributed by atoms with E-state index in [1.807, 2.05) is 18.2 Å². The highest BCUT2D eigenvalue weighted by Gasteiger charge is 2.15. The van der Waals surface area contributed by atoms with Gasteiger partial charge in [0.25, 0.3) is 5.91 Å².